The summed E-state index contributed by atoms with van der Waals surface area (Å²) in [5.74, 6) is 0.612. The summed E-state index contributed by atoms with van der Waals surface area (Å²) in [6.07, 6.45) is 6.75. The lowest BCUT2D eigenvalue weighted by atomic mass is 9.88. The molecule has 8 heteroatoms. The maximum absolute atomic E-state index is 11.9. The Labute approximate surface area is 146 Å². The number of anilines is 1. The summed E-state index contributed by atoms with van der Waals surface area (Å²) in [6.45, 7) is 3.28. The fourth-order valence-electron chi connectivity index (χ4n) is 3.06. The first-order valence-electron chi connectivity index (χ1n) is 8.72. The van der Waals surface area contributed by atoms with Crippen molar-refractivity contribution in [1.82, 2.24) is 25.5 Å². The van der Waals surface area contributed by atoms with Gasteiger partial charge in [0.25, 0.3) is 0 Å². The molecule has 2 atom stereocenters. The quantitative estimate of drug-likeness (QED) is 0.785. The van der Waals surface area contributed by atoms with Crippen molar-refractivity contribution in [2.45, 2.75) is 38.7 Å². The number of aromatic nitrogens is 4. The van der Waals surface area contributed by atoms with Crippen molar-refractivity contribution in [3.63, 3.8) is 0 Å². The van der Waals surface area contributed by atoms with Gasteiger partial charge < -0.3 is 15.4 Å². The summed E-state index contributed by atoms with van der Waals surface area (Å²) in [5.41, 5.74) is 1.53. The van der Waals surface area contributed by atoms with E-state index in [2.05, 4.69) is 33.1 Å². The minimum absolute atomic E-state index is 0.240. The highest BCUT2D eigenvalue weighted by Crippen LogP contribution is 2.25. The van der Waals surface area contributed by atoms with Crippen molar-refractivity contribution in [3.8, 4) is 5.69 Å². The second kappa shape index (κ2) is 8.57. The van der Waals surface area contributed by atoms with Crippen LogP contribution in [0.4, 0.5) is 10.5 Å². The number of rotatable bonds is 6. The van der Waals surface area contributed by atoms with Crippen LogP contribution < -0.4 is 10.6 Å². The van der Waals surface area contributed by atoms with Gasteiger partial charge in [-0.2, -0.15) is 0 Å². The second-order valence-electron chi connectivity index (χ2n) is 6.35. The van der Waals surface area contributed by atoms with E-state index in [1.54, 1.807) is 16.8 Å². The van der Waals surface area contributed by atoms with E-state index in [9.17, 15) is 4.79 Å². The summed E-state index contributed by atoms with van der Waals surface area (Å²) in [4.78, 5) is 11.9. The summed E-state index contributed by atoms with van der Waals surface area (Å²) >= 11 is 0. The number of amides is 2. The largest absolute Gasteiger partial charge is 0.376 e. The van der Waals surface area contributed by atoms with Crippen LogP contribution in [0.2, 0.25) is 0 Å². The molecule has 0 unspecified atom stereocenters. The van der Waals surface area contributed by atoms with E-state index in [1.807, 2.05) is 12.1 Å². The normalized spacial score (nSPS) is 20.2. The first-order chi connectivity index (χ1) is 12.2. The highest BCUT2D eigenvalue weighted by Gasteiger charge is 2.21. The number of nitrogens with one attached hydrogen (secondary N) is 2. The van der Waals surface area contributed by atoms with Crippen LogP contribution >= 0.6 is 0 Å². The smallest absolute Gasteiger partial charge is 0.319 e. The number of carbonyl (C=O) groups is 1. The average Bonchev–Trinajstić information content (AvgIpc) is 3.15. The van der Waals surface area contributed by atoms with E-state index in [1.165, 1.54) is 25.6 Å². The molecule has 1 heterocycles. The van der Waals surface area contributed by atoms with Crippen molar-refractivity contribution in [2.75, 3.05) is 18.5 Å². The Morgan fingerprint density at radius 1 is 1.28 bits per heavy atom. The van der Waals surface area contributed by atoms with E-state index in [0.29, 0.717) is 30.9 Å². The summed E-state index contributed by atoms with van der Waals surface area (Å²) < 4.78 is 7.44. The Kier molecular flexibility index (Phi) is 5.95. The molecule has 134 valence electrons. The third-order valence-electron chi connectivity index (χ3n) is 4.49. The number of benzene rings is 1. The molecule has 3 rings (SSSR count). The summed E-state index contributed by atoms with van der Waals surface area (Å²) in [7, 11) is 0. The number of urea groups is 1. The molecule has 0 saturated heterocycles. The van der Waals surface area contributed by atoms with Crippen molar-refractivity contribution >= 4 is 11.7 Å². The van der Waals surface area contributed by atoms with Gasteiger partial charge in [-0.25, -0.2) is 9.48 Å². The highest BCUT2D eigenvalue weighted by atomic mass is 16.5. The van der Waals surface area contributed by atoms with E-state index in [0.717, 1.165) is 12.1 Å². The molecule has 1 aliphatic rings. The van der Waals surface area contributed by atoms with Crippen LogP contribution in [-0.2, 0) is 4.74 Å². The lowest BCUT2D eigenvalue weighted by Crippen LogP contribution is -2.34. The van der Waals surface area contributed by atoms with Gasteiger partial charge in [-0.3, -0.25) is 0 Å². The monoisotopic (exact) mass is 344 g/mol. The molecule has 0 aliphatic heterocycles. The van der Waals surface area contributed by atoms with Crippen LogP contribution in [0, 0.1) is 5.92 Å². The number of hydrogen-bond donors (Lipinski definition) is 2. The van der Waals surface area contributed by atoms with Gasteiger partial charge >= 0.3 is 6.03 Å². The molecule has 25 heavy (non-hydrogen) atoms. The lowest BCUT2D eigenvalue weighted by Gasteiger charge is -2.28. The van der Waals surface area contributed by atoms with Crippen LogP contribution in [0.25, 0.3) is 5.69 Å². The van der Waals surface area contributed by atoms with Gasteiger partial charge in [-0.15, -0.1) is 5.10 Å². The van der Waals surface area contributed by atoms with Crippen molar-refractivity contribution < 1.29 is 9.53 Å². The zero-order valence-corrected chi connectivity index (χ0v) is 14.4. The predicted molar refractivity (Wildman–Crippen MR) is 93.5 cm³/mol. The highest BCUT2D eigenvalue weighted by molar-refractivity contribution is 5.89. The Hall–Kier alpha value is -2.48. The zero-order chi connectivity index (χ0) is 17.5. The summed E-state index contributed by atoms with van der Waals surface area (Å²) in [6, 6.07) is 7.03. The number of nitrogens with zero attached hydrogens (tertiary/aromatic N) is 4. The molecule has 1 aliphatic carbocycles. The van der Waals surface area contributed by atoms with Crippen LogP contribution in [-0.4, -0.2) is 45.5 Å². The standard InChI is InChI=1S/C17H24N6O2/c1-13-4-2-3-5-16(13)25-11-10-18-17(24)20-14-6-8-15(9-7-14)23-12-19-21-22-23/h6-9,12-13,16H,2-5,10-11H2,1H3,(H2,18,20,24)/t13-,16+/m1/s1. The molecule has 2 N–H and O–H groups in total. The van der Waals surface area contributed by atoms with Gasteiger partial charge in [0.05, 0.1) is 18.4 Å². The Morgan fingerprint density at radius 2 is 2.08 bits per heavy atom. The molecule has 2 aromatic rings. The lowest BCUT2D eigenvalue weighted by molar-refractivity contribution is -0.00232. The molecular weight excluding hydrogens is 320 g/mol. The van der Waals surface area contributed by atoms with Crippen molar-refractivity contribution in [2.24, 2.45) is 5.92 Å². The van der Waals surface area contributed by atoms with E-state index in [-0.39, 0.29) is 6.03 Å². The first kappa shape index (κ1) is 17.3. The van der Waals surface area contributed by atoms with Crippen LogP contribution in [0.3, 0.4) is 0 Å². The minimum Gasteiger partial charge on any atom is -0.376 e. The predicted octanol–water partition coefficient (Wildman–Crippen LogP) is 2.38. The Morgan fingerprint density at radius 3 is 2.80 bits per heavy atom. The zero-order valence-electron chi connectivity index (χ0n) is 14.4. The number of ether oxygens (including phenoxy) is 1. The van der Waals surface area contributed by atoms with Crippen molar-refractivity contribution in [1.29, 1.82) is 0 Å². The molecule has 0 radical (unpaired) electrons. The maximum atomic E-state index is 11.9. The van der Waals surface area contributed by atoms with Gasteiger partial charge in [0.15, 0.2) is 0 Å². The van der Waals surface area contributed by atoms with E-state index >= 15 is 0 Å². The fourth-order valence-corrected chi connectivity index (χ4v) is 3.06. The molecule has 2 amide bonds. The molecular formula is C17H24N6O2. The fraction of sp³-hybridized carbons (Fsp3) is 0.529. The van der Waals surface area contributed by atoms with Crippen LogP contribution in [0.1, 0.15) is 32.6 Å². The van der Waals surface area contributed by atoms with Crippen molar-refractivity contribution in [3.05, 3.63) is 30.6 Å². The number of tetrazole rings is 1. The molecule has 0 bridgehead atoms. The third kappa shape index (κ3) is 4.99. The van der Waals surface area contributed by atoms with Gasteiger partial charge in [0.1, 0.15) is 6.33 Å². The van der Waals surface area contributed by atoms with Crippen LogP contribution in [0.5, 0.6) is 0 Å². The molecule has 8 nitrogen and oxygen atoms in total. The minimum atomic E-state index is -0.240. The Bertz CT molecular complexity index is 658. The third-order valence-corrected chi connectivity index (χ3v) is 4.49. The second-order valence-corrected chi connectivity index (χ2v) is 6.35. The van der Waals surface area contributed by atoms with Gasteiger partial charge in [0.2, 0.25) is 0 Å². The molecule has 1 saturated carbocycles. The van der Waals surface area contributed by atoms with Gasteiger partial charge in [-0.1, -0.05) is 19.8 Å². The van der Waals surface area contributed by atoms with E-state index in [4.69, 9.17) is 4.74 Å². The molecule has 0 spiro atoms. The van der Waals surface area contributed by atoms with Gasteiger partial charge in [0, 0.05) is 12.2 Å². The molecule has 1 aromatic carbocycles. The topological polar surface area (TPSA) is 94.0 Å². The molecule has 1 aromatic heterocycles. The Balaban J connectivity index is 1.37. The maximum Gasteiger partial charge on any atom is 0.319 e. The average molecular weight is 344 g/mol. The molecule has 1 fully saturated rings. The van der Waals surface area contributed by atoms with E-state index < -0.39 is 0 Å². The number of hydrogen-bond acceptors (Lipinski definition) is 5. The first-order valence-corrected chi connectivity index (χ1v) is 8.72. The SMILES string of the molecule is C[C@@H]1CCCC[C@@H]1OCCNC(=O)Nc1ccc(-n2cnnn2)cc1. The number of carbonyl (C=O) groups excluding carboxylic acids is 1. The van der Waals surface area contributed by atoms with Gasteiger partial charge in [-0.05, 0) is 53.5 Å². The summed E-state index contributed by atoms with van der Waals surface area (Å²) in [5, 5.41) is 16.6. The van der Waals surface area contributed by atoms with Crippen LogP contribution in [0.15, 0.2) is 30.6 Å².